The van der Waals surface area contributed by atoms with Gasteiger partial charge in [-0.15, -0.1) is 0 Å². The summed E-state index contributed by atoms with van der Waals surface area (Å²) in [5, 5.41) is 10.0. The van der Waals surface area contributed by atoms with Gasteiger partial charge in [-0.2, -0.15) is 13.2 Å². The van der Waals surface area contributed by atoms with Crippen LogP contribution >= 0.6 is 0 Å². The van der Waals surface area contributed by atoms with E-state index in [1.807, 2.05) is 0 Å². The maximum absolute atomic E-state index is 13.1. The van der Waals surface area contributed by atoms with Gasteiger partial charge >= 0.3 is 6.18 Å². The highest BCUT2D eigenvalue weighted by Gasteiger charge is 2.59. The Hall–Kier alpha value is -1.07. The maximum Gasteiger partial charge on any atom is 0.423 e. The van der Waals surface area contributed by atoms with Crippen molar-refractivity contribution in [1.29, 1.82) is 0 Å². The van der Waals surface area contributed by atoms with Crippen molar-refractivity contribution in [1.82, 2.24) is 0 Å². The number of benzene rings is 1. The summed E-state index contributed by atoms with van der Waals surface area (Å²) in [5.41, 5.74) is 2.30. The van der Waals surface area contributed by atoms with Crippen LogP contribution in [0.25, 0.3) is 0 Å². The van der Waals surface area contributed by atoms with Crippen molar-refractivity contribution in [3.05, 3.63) is 35.9 Å². The zero-order valence-corrected chi connectivity index (χ0v) is 9.70. The van der Waals surface area contributed by atoms with Crippen LogP contribution in [-0.4, -0.2) is 17.3 Å². The van der Waals surface area contributed by atoms with Crippen LogP contribution in [0, 0.1) is 5.92 Å². The predicted octanol–water partition coefficient (Wildman–Crippen LogP) is 2.42. The van der Waals surface area contributed by atoms with Crippen LogP contribution in [0.1, 0.15) is 19.4 Å². The molecular weight excluding hydrogens is 231 g/mol. The molecule has 1 aromatic carbocycles. The largest absolute Gasteiger partial charge is 0.423 e. The molecule has 0 aromatic heterocycles. The normalized spacial score (nSPS) is 17.9. The Morgan fingerprint density at radius 1 is 1.12 bits per heavy atom. The fourth-order valence-corrected chi connectivity index (χ4v) is 1.72. The minimum atomic E-state index is -4.81. The summed E-state index contributed by atoms with van der Waals surface area (Å²) in [5.74, 6) is -0.498. The van der Waals surface area contributed by atoms with Gasteiger partial charge in [-0.25, -0.2) is 0 Å². The van der Waals surface area contributed by atoms with Crippen molar-refractivity contribution in [2.45, 2.75) is 31.7 Å². The number of alkyl halides is 3. The van der Waals surface area contributed by atoms with Crippen LogP contribution < -0.4 is 5.73 Å². The molecule has 3 N–H and O–H groups in total. The Labute approximate surface area is 98.3 Å². The number of rotatable bonds is 3. The van der Waals surface area contributed by atoms with Crippen LogP contribution in [0.15, 0.2) is 30.3 Å². The number of aliphatic hydroxyl groups is 1. The van der Waals surface area contributed by atoms with E-state index in [1.54, 1.807) is 19.9 Å². The molecule has 96 valence electrons. The highest BCUT2D eigenvalue weighted by atomic mass is 19.4. The van der Waals surface area contributed by atoms with Gasteiger partial charge in [0.05, 0.1) is 0 Å². The van der Waals surface area contributed by atoms with E-state index in [0.29, 0.717) is 0 Å². The summed E-state index contributed by atoms with van der Waals surface area (Å²) in [7, 11) is 0. The van der Waals surface area contributed by atoms with Gasteiger partial charge in [0, 0.05) is 6.04 Å². The molecule has 0 aliphatic rings. The molecule has 1 aromatic rings. The summed E-state index contributed by atoms with van der Waals surface area (Å²) in [6, 6.07) is 5.52. The number of nitrogens with two attached hydrogens (primary N) is 1. The summed E-state index contributed by atoms with van der Waals surface area (Å²) in [4.78, 5) is 0. The molecule has 0 spiro atoms. The molecule has 0 aliphatic carbocycles. The highest BCUT2D eigenvalue weighted by molar-refractivity contribution is 5.26. The van der Waals surface area contributed by atoms with E-state index < -0.39 is 23.7 Å². The van der Waals surface area contributed by atoms with Crippen molar-refractivity contribution in [2.24, 2.45) is 11.7 Å². The van der Waals surface area contributed by atoms with E-state index in [-0.39, 0.29) is 5.56 Å². The second-order valence-electron chi connectivity index (χ2n) is 4.40. The van der Waals surface area contributed by atoms with Gasteiger partial charge in [0.25, 0.3) is 0 Å². The second-order valence-corrected chi connectivity index (χ2v) is 4.40. The molecule has 2 unspecified atom stereocenters. The molecule has 0 radical (unpaired) electrons. The third kappa shape index (κ3) is 2.45. The first kappa shape index (κ1) is 14.0. The van der Waals surface area contributed by atoms with Gasteiger partial charge in [-0.05, 0) is 11.5 Å². The lowest BCUT2D eigenvalue weighted by Crippen LogP contribution is -2.57. The Morgan fingerprint density at radius 3 is 1.94 bits per heavy atom. The quantitative estimate of drug-likeness (QED) is 0.861. The van der Waals surface area contributed by atoms with Crippen molar-refractivity contribution in [3.63, 3.8) is 0 Å². The Kier molecular flexibility index (Phi) is 3.84. The summed E-state index contributed by atoms with van der Waals surface area (Å²) < 4.78 is 39.2. The van der Waals surface area contributed by atoms with Crippen LogP contribution in [0.5, 0.6) is 0 Å². The van der Waals surface area contributed by atoms with Gasteiger partial charge in [0.15, 0.2) is 0 Å². The number of hydrogen-bond acceptors (Lipinski definition) is 2. The fraction of sp³-hybridized carbons (Fsp3) is 0.500. The Bertz CT molecular complexity index is 364. The van der Waals surface area contributed by atoms with Crippen molar-refractivity contribution >= 4 is 0 Å². The predicted molar refractivity (Wildman–Crippen MR) is 59.2 cm³/mol. The monoisotopic (exact) mass is 247 g/mol. The molecule has 0 heterocycles. The molecule has 0 aliphatic heterocycles. The third-order valence-corrected chi connectivity index (χ3v) is 2.85. The molecule has 0 saturated heterocycles. The second kappa shape index (κ2) is 4.66. The Morgan fingerprint density at radius 2 is 1.59 bits per heavy atom. The molecular formula is C12H16F3NO. The maximum atomic E-state index is 13.1. The average molecular weight is 247 g/mol. The van der Waals surface area contributed by atoms with Gasteiger partial charge < -0.3 is 10.8 Å². The standard InChI is InChI=1S/C12H16F3NO/c1-8(2)10(16)11(17,12(13,14)15)9-6-4-3-5-7-9/h3-8,10,17H,16H2,1-2H3. The van der Waals surface area contributed by atoms with Crippen LogP contribution in [-0.2, 0) is 5.60 Å². The smallest absolute Gasteiger partial charge is 0.375 e. The summed E-state index contributed by atoms with van der Waals surface area (Å²) >= 11 is 0. The minimum absolute atomic E-state index is 0.228. The number of hydrogen-bond donors (Lipinski definition) is 2. The average Bonchev–Trinajstić information content (AvgIpc) is 2.26. The first-order valence-corrected chi connectivity index (χ1v) is 5.31. The van der Waals surface area contributed by atoms with Gasteiger partial charge in [0.1, 0.15) is 0 Å². The van der Waals surface area contributed by atoms with Gasteiger partial charge in [-0.3, -0.25) is 0 Å². The fourth-order valence-electron chi connectivity index (χ4n) is 1.72. The molecule has 17 heavy (non-hydrogen) atoms. The molecule has 0 amide bonds. The summed E-state index contributed by atoms with van der Waals surface area (Å²) in [6.07, 6.45) is -4.81. The topological polar surface area (TPSA) is 46.2 Å². The zero-order valence-electron chi connectivity index (χ0n) is 9.70. The number of halogens is 3. The third-order valence-electron chi connectivity index (χ3n) is 2.85. The first-order valence-electron chi connectivity index (χ1n) is 5.31. The minimum Gasteiger partial charge on any atom is -0.375 e. The zero-order chi connectivity index (χ0) is 13.3. The molecule has 0 saturated carbocycles. The van der Waals surface area contributed by atoms with E-state index in [0.717, 1.165) is 0 Å². The van der Waals surface area contributed by atoms with E-state index in [4.69, 9.17) is 5.73 Å². The SMILES string of the molecule is CC(C)C(N)C(O)(c1ccccc1)C(F)(F)F. The molecule has 0 bridgehead atoms. The van der Waals surface area contributed by atoms with E-state index >= 15 is 0 Å². The lowest BCUT2D eigenvalue weighted by molar-refractivity contribution is -0.278. The highest BCUT2D eigenvalue weighted by Crippen LogP contribution is 2.42. The lowest BCUT2D eigenvalue weighted by Gasteiger charge is -2.38. The van der Waals surface area contributed by atoms with E-state index in [1.165, 1.54) is 24.3 Å². The van der Waals surface area contributed by atoms with E-state index in [9.17, 15) is 18.3 Å². The van der Waals surface area contributed by atoms with Crippen molar-refractivity contribution < 1.29 is 18.3 Å². The van der Waals surface area contributed by atoms with Crippen molar-refractivity contribution in [2.75, 3.05) is 0 Å². The van der Waals surface area contributed by atoms with Crippen LogP contribution in [0.4, 0.5) is 13.2 Å². The van der Waals surface area contributed by atoms with Gasteiger partial charge in [0.2, 0.25) is 5.60 Å². The molecule has 2 nitrogen and oxygen atoms in total. The van der Waals surface area contributed by atoms with Crippen LogP contribution in [0.3, 0.4) is 0 Å². The van der Waals surface area contributed by atoms with Crippen molar-refractivity contribution in [3.8, 4) is 0 Å². The van der Waals surface area contributed by atoms with Crippen LogP contribution in [0.2, 0.25) is 0 Å². The molecule has 1 rings (SSSR count). The van der Waals surface area contributed by atoms with E-state index in [2.05, 4.69) is 0 Å². The lowest BCUT2D eigenvalue weighted by atomic mass is 9.80. The summed E-state index contributed by atoms with van der Waals surface area (Å²) in [6.45, 7) is 3.09. The first-order chi connectivity index (χ1) is 7.71. The molecule has 5 heteroatoms. The Balaban J connectivity index is 3.31. The van der Waals surface area contributed by atoms with Gasteiger partial charge in [-0.1, -0.05) is 44.2 Å². The molecule has 0 fully saturated rings. The molecule has 2 atom stereocenters.